The Morgan fingerprint density at radius 2 is 1.84 bits per heavy atom. The van der Waals surface area contributed by atoms with Crippen LogP contribution in [0.5, 0.6) is 5.75 Å². The molecule has 1 amide bonds. The maximum absolute atomic E-state index is 13.4. The van der Waals surface area contributed by atoms with Crippen molar-refractivity contribution in [2.45, 2.75) is 38.4 Å². The van der Waals surface area contributed by atoms with Gasteiger partial charge < -0.3 is 19.2 Å². The monoisotopic (exact) mass is 520 g/mol. The van der Waals surface area contributed by atoms with E-state index in [9.17, 15) is 14.7 Å². The van der Waals surface area contributed by atoms with Crippen LogP contribution in [0.2, 0.25) is 5.02 Å². The van der Waals surface area contributed by atoms with Gasteiger partial charge in [0.25, 0.3) is 11.7 Å². The third-order valence-corrected chi connectivity index (χ3v) is 7.31. The zero-order chi connectivity index (χ0) is 25.9. The fourth-order valence-electron chi connectivity index (χ4n) is 5.22. The van der Waals surface area contributed by atoms with E-state index in [2.05, 4.69) is 17.0 Å². The Morgan fingerprint density at radius 3 is 2.51 bits per heavy atom. The minimum atomic E-state index is -0.813. The van der Waals surface area contributed by atoms with Crippen LogP contribution in [0.3, 0.4) is 0 Å². The number of aliphatic hydroxyl groups is 1. The predicted octanol–water partition coefficient (Wildman–Crippen LogP) is 5.42. The number of hydrogen-bond acceptors (Lipinski definition) is 6. The summed E-state index contributed by atoms with van der Waals surface area (Å²) in [5.41, 5.74) is 1.60. The Labute approximate surface area is 220 Å². The molecule has 1 N–H and O–H groups in total. The van der Waals surface area contributed by atoms with E-state index in [0.717, 1.165) is 19.6 Å². The van der Waals surface area contributed by atoms with Crippen molar-refractivity contribution in [2.75, 3.05) is 19.7 Å². The molecule has 192 valence electrons. The van der Waals surface area contributed by atoms with Gasteiger partial charge in [-0.25, -0.2) is 0 Å². The average Bonchev–Trinajstić information content (AvgIpc) is 3.53. The molecule has 0 bridgehead atoms. The summed E-state index contributed by atoms with van der Waals surface area (Å²) in [7, 11) is 0. The van der Waals surface area contributed by atoms with Crippen LogP contribution < -0.4 is 4.74 Å². The van der Waals surface area contributed by atoms with Gasteiger partial charge in [0.1, 0.15) is 23.3 Å². The second-order valence-corrected chi connectivity index (χ2v) is 9.70. The minimum Gasteiger partial charge on any atom is -0.507 e. The molecule has 1 aromatic heterocycles. The summed E-state index contributed by atoms with van der Waals surface area (Å²) in [6, 6.07) is 17.5. The van der Waals surface area contributed by atoms with E-state index >= 15 is 0 Å². The van der Waals surface area contributed by atoms with E-state index < -0.39 is 17.7 Å². The zero-order valence-electron chi connectivity index (χ0n) is 20.6. The van der Waals surface area contributed by atoms with Crippen LogP contribution in [-0.2, 0) is 16.1 Å². The summed E-state index contributed by atoms with van der Waals surface area (Å²) >= 11 is 6.22. The maximum Gasteiger partial charge on any atom is 0.296 e. The summed E-state index contributed by atoms with van der Waals surface area (Å²) in [4.78, 5) is 30.7. The molecule has 2 saturated heterocycles. The Morgan fingerprint density at radius 1 is 1.08 bits per heavy atom. The topological polar surface area (TPSA) is 83.2 Å². The lowest BCUT2D eigenvalue weighted by Crippen LogP contribution is -2.46. The molecule has 2 aliphatic rings. The van der Waals surface area contributed by atoms with Crippen LogP contribution in [0.25, 0.3) is 5.76 Å². The largest absolute Gasteiger partial charge is 0.507 e. The number of benzene rings is 2. The van der Waals surface area contributed by atoms with Crippen molar-refractivity contribution in [3.05, 3.63) is 94.4 Å². The minimum absolute atomic E-state index is 0.0106. The lowest BCUT2D eigenvalue weighted by atomic mass is 9.97. The molecule has 2 fully saturated rings. The first-order chi connectivity index (χ1) is 18.0. The number of halogens is 1. The standard InChI is InChI=1S/C29H29ClN2O5/c1-2-36-24-17-20(10-11-22(24)30)27(33)25-26(23-9-6-16-37-23)32(29(35)28(25)34)21-12-14-31(15-13-21)18-19-7-4-3-5-8-19/h3-11,16-17,21,26,33H,2,12-15,18H2,1H3/b27-25-. The number of ether oxygens (including phenoxy) is 1. The van der Waals surface area contributed by atoms with Gasteiger partial charge in [0.2, 0.25) is 0 Å². The van der Waals surface area contributed by atoms with E-state index in [-0.39, 0.29) is 17.4 Å². The molecule has 2 aromatic carbocycles. The third-order valence-electron chi connectivity index (χ3n) is 7.00. The van der Waals surface area contributed by atoms with Crippen LogP contribution >= 0.6 is 11.6 Å². The first-order valence-corrected chi connectivity index (χ1v) is 12.9. The molecule has 8 heteroatoms. The van der Waals surface area contributed by atoms with E-state index in [0.29, 0.717) is 41.5 Å². The van der Waals surface area contributed by atoms with Gasteiger partial charge in [-0.15, -0.1) is 0 Å². The molecule has 7 nitrogen and oxygen atoms in total. The summed E-state index contributed by atoms with van der Waals surface area (Å²) in [5, 5.41) is 11.7. The normalized spacial score (nSPS) is 20.5. The van der Waals surface area contributed by atoms with Gasteiger partial charge in [0.05, 0.1) is 23.5 Å². The van der Waals surface area contributed by atoms with Crippen molar-refractivity contribution in [1.82, 2.24) is 9.80 Å². The van der Waals surface area contributed by atoms with Crippen LogP contribution in [0.1, 0.15) is 42.7 Å². The van der Waals surface area contributed by atoms with Gasteiger partial charge in [-0.2, -0.15) is 0 Å². The van der Waals surface area contributed by atoms with Crippen molar-refractivity contribution >= 4 is 29.1 Å². The molecule has 5 rings (SSSR count). The predicted molar refractivity (Wildman–Crippen MR) is 140 cm³/mol. The molecule has 0 spiro atoms. The molecule has 3 heterocycles. The zero-order valence-corrected chi connectivity index (χ0v) is 21.4. The average molecular weight is 521 g/mol. The molecule has 0 aliphatic carbocycles. The van der Waals surface area contributed by atoms with Crippen molar-refractivity contribution in [3.63, 3.8) is 0 Å². The number of carbonyl (C=O) groups is 2. The Hall–Kier alpha value is -3.55. The van der Waals surface area contributed by atoms with Crippen LogP contribution in [0.15, 0.2) is 76.9 Å². The number of nitrogens with zero attached hydrogens (tertiary/aromatic N) is 2. The molecule has 37 heavy (non-hydrogen) atoms. The van der Waals surface area contributed by atoms with Crippen molar-refractivity contribution in [1.29, 1.82) is 0 Å². The number of Topliss-reactive ketones (excluding diaryl/α,β-unsaturated/α-hetero) is 1. The highest BCUT2D eigenvalue weighted by atomic mass is 35.5. The molecule has 1 unspecified atom stereocenters. The van der Waals surface area contributed by atoms with Gasteiger partial charge in [-0.3, -0.25) is 14.5 Å². The fourth-order valence-corrected chi connectivity index (χ4v) is 5.39. The summed E-state index contributed by atoms with van der Waals surface area (Å²) in [6.07, 6.45) is 2.94. The molecule has 3 aromatic rings. The quantitative estimate of drug-likeness (QED) is 0.254. The van der Waals surface area contributed by atoms with Crippen molar-refractivity contribution < 1.29 is 23.8 Å². The number of piperidine rings is 1. The molecular formula is C29H29ClN2O5. The lowest BCUT2D eigenvalue weighted by Gasteiger charge is -2.38. The molecular weight excluding hydrogens is 492 g/mol. The third kappa shape index (κ3) is 5.02. The number of likely N-dealkylation sites (tertiary alicyclic amines) is 2. The van der Waals surface area contributed by atoms with Crippen LogP contribution in [0.4, 0.5) is 0 Å². The van der Waals surface area contributed by atoms with Gasteiger partial charge in [0.15, 0.2) is 0 Å². The maximum atomic E-state index is 13.4. The summed E-state index contributed by atoms with van der Waals surface area (Å²) < 4.78 is 11.2. The van der Waals surface area contributed by atoms with Gasteiger partial charge in [0, 0.05) is 31.2 Å². The highest BCUT2D eigenvalue weighted by molar-refractivity contribution is 6.46. The number of rotatable bonds is 7. The molecule has 0 radical (unpaired) electrons. The van der Waals surface area contributed by atoms with Crippen molar-refractivity contribution in [2.24, 2.45) is 0 Å². The molecule has 1 atom stereocenters. The fraction of sp³-hybridized carbons (Fsp3) is 0.310. The smallest absolute Gasteiger partial charge is 0.296 e. The second kappa shape index (κ2) is 10.8. The first-order valence-electron chi connectivity index (χ1n) is 12.5. The van der Waals surface area contributed by atoms with Gasteiger partial charge >= 0.3 is 0 Å². The lowest BCUT2D eigenvalue weighted by molar-refractivity contribution is -0.142. The van der Waals surface area contributed by atoms with E-state index in [1.807, 2.05) is 25.1 Å². The highest BCUT2D eigenvalue weighted by Crippen LogP contribution is 2.43. The summed E-state index contributed by atoms with van der Waals surface area (Å²) in [6.45, 7) is 4.65. The first kappa shape index (κ1) is 25.1. The Balaban J connectivity index is 1.45. The van der Waals surface area contributed by atoms with Crippen LogP contribution in [-0.4, -0.2) is 52.3 Å². The van der Waals surface area contributed by atoms with E-state index in [1.54, 1.807) is 35.2 Å². The highest BCUT2D eigenvalue weighted by Gasteiger charge is 2.50. The number of aliphatic hydroxyl groups excluding tert-OH is 1. The number of hydrogen-bond donors (Lipinski definition) is 1. The molecule has 2 aliphatic heterocycles. The number of amides is 1. The second-order valence-electron chi connectivity index (χ2n) is 9.29. The van der Waals surface area contributed by atoms with E-state index in [4.69, 9.17) is 20.8 Å². The van der Waals surface area contributed by atoms with Crippen molar-refractivity contribution in [3.8, 4) is 5.75 Å². The van der Waals surface area contributed by atoms with Crippen LogP contribution in [0, 0.1) is 0 Å². The number of carbonyl (C=O) groups excluding carboxylic acids is 2. The Kier molecular flexibility index (Phi) is 7.35. The van der Waals surface area contributed by atoms with E-state index in [1.165, 1.54) is 11.8 Å². The van der Waals surface area contributed by atoms with Gasteiger partial charge in [-0.05, 0) is 55.7 Å². The number of ketones is 1. The number of furan rings is 1. The Bertz CT molecular complexity index is 1300. The molecule has 0 saturated carbocycles. The summed E-state index contributed by atoms with van der Waals surface area (Å²) in [5.74, 6) is -0.794. The van der Waals surface area contributed by atoms with Gasteiger partial charge in [-0.1, -0.05) is 41.9 Å². The SMILES string of the molecule is CCOc1cc(/C(O)=C2/C(=O)C(=O)N(C3CCN(Cc4ccccc4)CC3)C2c2ccco2)ccc1Cl.